The van der Waals surface area contributed by atoms with E-state index in [4.69, 9.17) is 8.83 Å². The molecule has 1 amide bonds. The largest absolute Gasteiger partial charge is 0.464 e. The Hall–Kier alpha value is -3.00. The molecule has 8 heteroatoms. The van der Waals surface area contributed by atoms with E-state index in [9.17, 15) is 9.59 Å². The number of hydrogen-bond acceptors (Lipinski definition) is 7. The van der Waals surface area contributed by atoms with Gasteiger partial charge in [0.1, 0.15) is 16.2 Å². The zero-order chi connectivity index (χ0) is 20.7. The quantitative estimate of drug-likeness (QED) is 0.489. The minimum Gasteiger partial charge on any atom is -0.464 e. The number of amides is 1. The zero-order valence-corrected chi connectivity index (χ0v) is 17.5. The van der Waals surface area contributed by atoms with E-state index in [0.29, 0.717) is 27.8 Å². The van der Waals surface area contributed by atoms with Gasteiger partial charge in [0, 0.05) is 23.3 Å². The molecule has 0 radical (unpaired) electrons. The fraction of sp³-hybridized carbons (Fsp3) is 0.333. The molecule has 1 N–H and O–H groups in total. The summed E-state index contributed by atoms with van der Waals surface area (Å²) in [6.07, 6.45) is 2.38. The Morgan fingerprint density at radius 2 is 1.97 bits per heavy atom. The number of fused-ring (bicyclic) bond motifs is 2. The molecule has 0 aliphatic heterocycles. The second kappa shape index (κ2) is 7.44. The first kappa shape index (κ1) is 19.3. The summed E-state index contributed by atoms with van der Waals surface area (Å²) in [7, 11) is 0. The molecule has 150 valence electrons. The van der Waals surface area contributed by atoms with Gasteiger partial charge in [-0.15, -0.1) is 10.2 Å². The van der Waals surface area contributed by atoms with Crippen molar-refractivity contribution in [1.82, 2.24) is 10.2 Å². The highest BCUT2D eigenvalue weighted by atomic mass is 32.1. The van der Waals surface area contributed by atoms with Crippen molar-refractivity contribution in [3.05, 3.63) is 50.5 Å². The number of aromatic nitrogens is 2. The summed E-state index contributed by atoms with van der Waals surface area (Å²) in [4.78, 5) is 25.0. The lowest BCUT2D eigenvalue weighted by molar-refractivity contribution is -0.115. The van der Waals surface area contributed by atoms with Crippen LogP contribution in [-0.4, -0.2) is 16.1 Å². The molecule has 0 fully saturated rings. The van der Waals surface area contributed by atoms with Gasteiger partial charge in [-0.25, -0.2) is 4.79 Å². The minimum absolute atomic E-state index is 0.0917. The summed E-state index contributed by atoms with van der Waals surface area (Å²) < 4.78 is 11.0. The molecule has 0 aliphatic carbocycles. The normalized spacial score (nSPS) is 11.6. The monoisotopic (exact) mass is 411 g/mol. The smallest absolute Gasteiger partial charge is 0.340 e. The molecule has 0 atom stereocenters. The summed E-state index contributed by atoms with van der Waals surface area (Å²) in [5.74, 6) is 0.134. The maximum absolute atomic E-state index is 12.5. The number of nitrogens with zero attached hydrogens (tertiary/aromatic N) is 2. The van der Waals surface area contributed by atoms with E-state index in [2.05, 4.69) is 29.4 Å². The third-order valence-corrected chi connectivity index (χ3v) is 5.67. The first-order valence-electron chi connectivity index (χ1n) is 9.38. The predicted molar refractivity (Wildman–Crippen MR) is 113 cm³/mol. The number of anilines is 1. The van der Waals surface area contributed by atoms with Crippen LogP contribution in [0.2, 0.25) is 0 Å². The van der Waals surface area contributed by atoms with E-state index < -0.39 is 5.63 Å². The Bertz CT molecular complexity index is 1280. The number of nitrogens with one attached hydrogen (secondary N) is 1. The predicted octanol–water partition coefficient (Wildman–Crippen LogP) is 4.39. The molecule has 0 bridgehead atoms. The van der Waals surface area contributed by atoms with E-state index in [-0.39, 0.29) is 12.3 Å². The van der Waals surface area contributed by atoms with Gasteiger partial charge in [-0.1, -0.05) is 25.2 Å². The van der Waals surface area contributed by atoms with Crippen LogP contribution in [0, 0.1) is 19.8 Å². The summed E-state index contributed by atoms with van der Waals surface area (Å²) in [5, 5.41) is 13.9. The SMILES string of the molecule is Cc1coc2cc3oc(=O)c(CC(=O)Nc4nnc(CC(C)C)s4)c(C)c3cc12. The molecule has 1 aromatic carbocycles. The molecule has 3 aromatic heterocycles. The van der Waals surface area contributed by atoms with Gasteiger partial charge in [0.2, 0.25) is 11.0 Å². The van der Waals surface area contributed by atoms with Crippen LogP contribution in [0.4, 0.5) is 5.13 Å². The second-order valence-electron chi connectivity index (χ2n) is 7.58. The van der Waals surface area contributed by atoms with Gasteiger partial charge >= 0.3 is 5.63 Å². The molecule has 0 saturated heterocycles. The van der Waals surface area contributed by atoms with Crippen molar-refractivity contribution in [2.75, 3.05) is 5.32 Å². The molecule has 0 unspecified atom stereocenters. The van der Waals surface area contributed by atoms with E-state index in [1.807, 2.05) is 19.9 Å². The van der Waals surface area contributed by atoms with Crippen LogP contribution in [0.5, 0.6) is 0 Å². The lowest BCUT2D eigenvalue weighted by Gasteiger charge is -2.08. The van der Waals surface area contributed by atoms with E-state index in [1.54, 1.807) is 12.3 Å². The van der Waals surface area contributed by atoms with Crippen molar-refractivity contribution in [2.24, 2.45) is 5.92 Å². The topological polar surface area (TPSA) is 98.2 Å². The fourth-order valence-electron chi connectivity index (χ4n) is 3.30. The van der Waals surface area contributed by atoms with Gasteiger partial charge in [-0.05, 0) is 37.0 Å². The van der Waals surface area contributed by atoms with Gasteiger partial charge in [0.25, 0.3) is 0 Å². The van der Waals surface area contributed by atoms with Crippen molar-refractivity contribution < 1.29 is 13.6 Å². The van der Waals surface area contributed by atoms with Crippen LogP contribution >= 0.6 is 11.3 Å². The lowest BCUT2D eigenvalue weighted by atomic mass is 10.0. The highest BCUT2D eigenvalue weighted by Crippen LogP contribution is 2.29. The highest BCUT2D eigenvalue weighted by molar-refractivity contribution is 7.15. The van der Waals surface area contributed by atoms with Crippen LogP contribution < -0.4 is 10.9 Å². The summed E-state index contributed by atoms with van der Waals surface area (Å²) in [5.41, 5.74) is 2.65. The Labute approximate surface area is 170 Å². The zero-order valence-electron chi connectivity index (χ0n) is 16.7. The highest BCUT2D eigenvalue weighted by Gasteiger charge is 2.18. The van der Waals surface area contributed by atoms with Crippen molar-refractivity contribution in [3.8, 4) is 0 Å². The number of aryl methyl sites for hydroxylation is 2. The second-order valence-corrected chi connectivity index (χ2v) is 8.64. The molecular formula is C21H21N3O4S. The van der Waals surface area contributed by atoms with Gasteiger partial charge in [0.05, 0.1) is 18.2 Å². The number of carbonyl (C=O) groups is 1. The first-order valence-corrected chi connectivity index (χ1v) is 10.2. The molecule has 4 aromatic rings. The Balaban J connectivity index is 1.62. The molecule has 0 spiro atoms. The number of carbonyl (C=O) groups excluding carboxylic acids is 1. The Morgan fingerprint density at radius 1 is 1.17 bits per heavy atom. The summed E-state index contributed by atoms with van der Waals surface area (Å²) in [6.45, 7) is 7.98. The maximum atomic E-state index is 12.5. The molecule has 7 nitrogen and oxygen atoms in total. The Kier molecular flexibility index (Phi) is 4.96. The molecular weight excluding hydrogens is 390 g/mol. The van der Waals surface area contributed by atoms with Crippen LogP contribution in [-0.2, 0) is 17.6 Å². The van der Waals surface area contributed by atoms with Crippen LogP contribution in [0.1, 0.15) is 35.5 Å². The van der Waals surface area contributed by atoms with E-state index >= 15 is 0 Å². The fourth-order valence-corrected chi connectivity index (χ4v) is 4.27. The van der Waals surface area contributed by atoms with E-state index in [1.165, 1.54) is 11.3 Å². The first-order chi connectivity index (χ1) is 13.8. The maximum Gasteiger partial charge on any atom is 0.340 e. The third kappa shape index (κ3) is 3.80. The molecule has 3 heterocycles. The standard InChI is InChI=1S/C21H21N3O4S/c1-10(2)5-19-23-24-21(29-19)22-18(25)7-15-12(4)14-6-13-11(3)9-27-16(13)8-17(14)28-20(15)26/h6,8-10H,5,7H2,1-4H3,(H,22,24,25). The molecule has 0 saturated carbocycles. The van der Waals surface area contributed by atoms with E-state index in [0.717, 1.165) is 33.3 Å². The summed E-state index contributed by atoms with van der Waals surface area (Å²) >= 11 is 1.35. The lowest BCUT2D eigenvalue weighted by Crippen LogP contribution is -2.20. The number of benzene rings is 1. The average Bonchev–Trinajstić information content (AvgIpc) is 3.23. The van der Waals surface area contributed by atoms with Crippen molar-refractivity contribution in [3.63, 3.8) is 0 Å². The van der Waals surface area contributed by atoms with Gasteiger partial charge in [0.15, 0.2) is 0 Å². The minimum atomic E-state index is -0.523. The van der Waals surface area contributed by atoms with Crippen LogP contribution in [0.3, 0.4) is 0 Å². The van der Waals surface area contributed by atoms with Crippen molar-refractivity contribution in [1.29, 1.82) is 0 Å². The van der Waals surface area contributed by atoms with Gasteiger partial charge in [-0.2, -0.15) is 0 Å². The van der Waals surface area contributed by atoms with Crippen LogP contribution in [0.25, 0.3) is 21.9 Å². The van der Waals surface area contributed by atoms with Crippen LogP contribution in [0.15, 0.2) is 32.0 Å². The molecule has 4 rings (SSSR count). The number of furan rings is 1. The molecule has 29 heavy (non-hydrogen) atoms. The Morgan fingerprint density at radius 3 is 2.72 bits per heavy atom. The van der Waals surface area contributed by atoms with Gasteiger partial charge < -0.3 is 14.2 Å². The van der Waals surface area contributed by atoms with Gasteiger partial charge in [-0.3, -0.25) is 4.79 Å². The molecule has 0 aliphatic rings. The average molecular weight is 411 g/mol. The van der Waals surface area contributed by atoms with Crippen molar-refractivity contribution in [2.45, 2.75) is 40.5 Å². The third-order valence-electron chi connectivity index (χ3n) is 4.81. The number of rotatable bonds is 5. The summed E-state index contributed by atoms with van der Waals surface area (Å²) in [6, 6.07) is 3.65. The van der Waals surface area contributed by atoms with Crippen molar-refractivity contribution >= 4 is 44.3 Å². The number of hydrogen-bond donors (Lipinski definition) is 1.